The van der Waals surface area contributed by atoms with Crippen LogP contribution >= 0.6 is 31.0 Å². The van der Waals surface area contributed by atoms with Crippen LogP contribution in [0.25, 0.3) is 33.7 Å². The Morgan fingerprint density at radius 1 is 0.706 bits per heavy atom. The van der Waals surface area contributed by atoms with Crippen molar-refractivity contribution in [3.05, 3.63) is 125 Å². The number of fused-ring (bicyclic) bond motifs is 6. The number of hydrogen-bond donors (Lipinski definition) is 5. The Morgan fingerprint density at radius 2 is 1.28 bits per heavy atom. The van der Waals surface area contributed by atoms with Crippen LogP contribution in [0.4, 0.5) is 17.1 Å². The van der Waals surface area contributed by atoms with Crippen LogP contribution in [0, 0.1) is 0 Å². The molecule has 0 bridgehead atoms. The molecule has 2 atom stereocenters. The number of alkyl halides is 2. The molecule has 0 aromatic heterocycles. The van der Waals surface area contributed by atoms with E-state index in [1.807, 2.05) is 54.6 Å². The molecule has 0 unspecified atom stereocenters. The molecular weight excluding hydrogens is 928 g/mol. The van der Waals surface area contributed by atoms with E-state index in [-0.39, 0.29) is 59.4 Å². The summed E-state index contributed by atoms with van der Waals surface area (Å²) < 4.78 is 17.1. The number of unbranched alkanes of at least 4 members (excludes halogenated alkanes) is 3. The number of carbonyl (C=O) groups excluding carboxylic acids is 4. The number of rotatable bonds is 20. The topological polar surface area (TPSA) is 189 Å². The van der Waals surface area contributed by atoms with Crippen LogP contribution in [0.2, 0.25) is 0 Å². The molecule has 354 valence electrons. The Hall–Kier alpha value is -5.99. The summed E-state index contributed by atoms with van der Waals surface area (Å²) >= 11 is 12.9. The van der Waals surface area contributed by atoms with Crippen molar-refractivity contribution in [2.45, 2.75) is 43.9 Å². The summed E-state index contributed by atoms with van der Waals surface area (Å²) in [6.45, 7) is 3.22. The van der Waals surface area contributed by atoms with Crippen molar-refractivity contribution < 1.29 is 43.2 Å². The Balaban J connectivity index is 0.967. The normalized spacial score (nSPS) is 16.9. The predicted molar refractivity (Wildman–Crippen MR) is 269 cm³/mol. The van der Waals surface area contributed by atoms with Crippen molar-refractivity contribution in [3.8, 4) is 11.5 Å². The van der Waals surface area contributed by atoms with E-state index in [0.29, 0.717) is 58.6 Å². The fraction of sp³-hybridized carbons (Fsp3) is 0.294. The zero-order chi connectivity index (χ0) is 48.0. The Kier molecular flexibility index (Phi) is 15.3. The number of phenols is 1. The molecule has 0 aliphatic carbocycles. The fourth-order valence-electron chi connectivity index (χ4n) is 9.28. The summed E-state index contributed by atoms with van der Waals surface area (Å²) in [5.41, 5.74) is 4.98. The zero-order valence-electron chi connectivity index (χ0n) is 37.2. The molecule has 0 fully saturated rings. The molecule has 0 radical (unpaired) electrons. The molecular formula is C51H52Cl2N5O9P. The van der Waals surface area contributed by atoms with Crippen LogP contribution in [-0.2, 0) is 23.7 Å². The third kappa shape index (κ3) is 10.8. The van der Waals surface area contributed by atoms with Crippen LogP contribution in [-0.4, -0.2) is 94.5 Å². The number of nitrogens with one attached hydrogen (secondary N) is 2. The average Bonchev–Trinajstić information content (AvgIpc) is 4.00. The summed E-state index contributed by atoms with van der Waals surface area (Å²) in [5.74, 6) is -0.917. The summed E-state index contributed by atoms with van der Waals surface area (Å²) in [7, 11) is -4.93. The number of halogens is 2. The number of nitrogens with zero attached hydrogens (tertiary/aromatic N) is 3. The minimum Gasteiger partial charge on any atom is -0.507 e. The number of anilines is 3. The zero-order valence-corrected chi connectivity index (χ0v) is 39.6. The van der Waals surface area contributed by atoms with Gasteiger partial charge in [-0.1, -0.05) is 73.5 Å². The van der Waals surface area contributed by atoms with Gasteiger partial charge in [-0.05, 0) is 83.6 Å². The molecule has 8 rings (SSSR count). The first-order chi connectivity index (χ1) is 32.8. The second-order valence-electron chi connectivity index (χ2n) is 17.0. The third-order valence-corrected chi connectivity index (χ3v) is 13.7. The molecule has 5 aromatic rings. The molecule has 5 N–H and O–H groups in total. The Morgan fingerprint density at radius 3 is 1.93 bits per heavy atom. The summed E-state index contributed by atoms with van der Waals surface area (Å²) in [6, 6.07) is 23.4. The lowest BCUT2D eigenvalue weighted by molar-refractivity contribution is -0.136. The number of benzene rings is 5. The monoisotopic (exact) mass is 979 g/mol. The van der Waals surface area contributed by atoms with Crippen LogP contribution in [0.15, 0.2) is 103 Å². The van der Waals surface area contributed by atoms with Crippen molar-refractivity contribution in [2.24, 2.45) is 0 Å². The highest BCUT2D eigenvalue weighted by atomic mass is 35.5. The van der Waals surface area contributed by atoms with E-state index >= 15 is 0 Å². The predicted octanol–water partition coefficient (Wildman–Crippen LogP) is 8.81. The number of phosphoric acid groups is 1. The van der Waals surface area contributed by atoms with Gasteiger partial charge >= 0.3 is 7.82 Å². The summed E-state index contributed by atoms with van der Waals surface area (Å²) in [5, 5.41) is 20.6. The highest BCUT2D eigenvalue weighted by molar-refractivity contribution is 7.46. The van der Waals surface area contributed by atoms with Gasteiger partial charge in [-0.25, -0.2) is 4.57 Å². The molecule has 4 amide bonds. The number of phenolic OH excluding ortho intramolecular Hbond substituents is 1. The SMILES string of the molecule is O=C1C=CC(=O)N1CCCCCCNCCCNc1cc(/C=C/C(=O)N2C[C@@H](CCl)c3c2cc(O)c2ccccc32)ccc1/C=C/C(=O)N1C[C@@H](CCl)c2c1cc(OP(=O)(O)O)c1ccccc21. The maximum atomic E-state index is 14.1. The lowest BCUT2D eigenvalue weighted by Gasteiger charge is -2.18. The molecule has 14 nitrogen and oxygen atoms in total. The molecule has 0 saturated carbocycles. The Bertz CT molecular complexity index is 2880. The number of amides is 4. The lowest BCUT2D eigenvalue weighted by atomic mass is 9.95. The van der Waals surface area contributed by atoms with E-state index in [4.69, 9.17) is 27.7 Å². The minimum absolute atomic E-state index is 0.0458. The van der Waals surface area contributed by atoms with Crippen molar-refractivity contribution in [2.75, 3.05) is 66.1 Å². The fourth-order valence-corrected chi connectivity index (χ4v) is 10.2. The van der Waals surface area contributed by atoms with Gasteiger partial charge in [0.25, 0.3) is 23.6 Å². The van der Waals surface area contributed by atoms with Gasteiger partial charge in [-0.2, -0.15) is 0 Å². The Labute approximate surface area is 404 Å². The van der Waals surface area contributed by atoms with Gasteiger partial charge in [-0.3, -0.25) is 33.9 Å². The maximum absolute atomic E-state index is 14.1. The van der Waals surface area contributed by atoms with E-state index in [0.717, 1.165) is 73.0 Å². The van der Waals surface area contributed by atoms with Gasteiger partial charge in [0.1, 0.15) is 11.5 Å². The molecule has 5 aromatic carbocycles. The van der Waals surface area contributed by atoms with Crippen molar-refractivity contribution in [3.63, 3.8) is 0 Å². The number of hydrogen-bond acceptors (Lipinski definition) is 9. The standard InChI is InChI=1S/C51H52Cl2N5O9P/c52-29-35-31-57(42-27-44(59)37-10-3-5-12-39(37)50(35)42)48(62)18-15-33-14-16-34(41(26-33)55-24-9-23-54-22-7-1-2-8-25-56-46(60)20-21-47(56)61)17-19-49(63)58-32-36(30-53)51-40-13-6-4-11-38(40)45(28-43(51)58)67-68(64,65)66/h3-6,10-21,26-28,35-36,54-55,59H,1-2,7-9,22-25,29-32H2,(H2,64,65,66)/b18-15+,19-17+/t35-,36-/m1/s1. The van der Waals surface area contributed by atoms with Crippen LogP contribution in [0.1, 0.15) is 66.2 Å². The van der Waals surface area contributed by atoms with E-state index < -0.39 is 7.82 Å². The maximum Gasteiger partial charge on any atom is 0.524 e. The van der Waals surface area contributed by atoms with Gasteiger partial charge in [0.05, 0.1) is 11.4 Å². The molecule has 68 heavy (non-hydrogen) atoms. The molecule has 0 spiro atoms. The third-order valence-electron chi connectivity index (χ3n) is 12.5. The van der Waals surface area contributed by atoms with E-state index in [2.05, 4.69) is 10.6 Å². The van der Waals surface area contributed by atoms with Gasteiger partial charge in [0.15, 0.2) is 0 Å². The first kappa shape index (κ1) is 48.5. The largest absolute Gasteiger partial charge is 0.524 e. The van der Waals surface area contributed by atoms with E-state index in [1.54, 1.807) is 40.2 Å². The van der Waals surface area contributed by atoms with Gasteiger partial charge in [0.2, 0.25) is 0 Å². The molecule has 17 heteroatoms. The smallest absolute Gasteiger partial charge is 0.507 e. The number of aromatic hydroxyl groups is 1. The van der Waals surface area contributed by atoms with Crippen molar-refractivity contribution in [1.29, 1.82) is 0 Å². The second-order valence-corrected chi connectivity index (χ2v) is 18.8. The first-order valence-corrected chi connectivity index (χ1v) is 25.2. The lowest BCUT2D eigenvalue weighted by Crippen LogP contribution is -2.30. The highest BCUT2D eigenvalue weighted by Gasteiger charge is 2.36. The molecule has 0 saturated heterocycles. The van der Waals surface area contributed by atoms with Gasteiger partial charge < -0.3 is 30.1 Å². The summed E-state index contributed by atoms with van der Waals surface area (Å²) in [6.07, 6.45) is 13.4. The number of phosphoric ester groups is 1. The van der Waals surface area contributed by atoms with Crippen molar-refractivity contribution in [1.82, 2.24) is 10.2 Å². The van der Waals surface area contributed by atoms with Crippen LogP contribution in [0.3, 0.4) is 0 Å². The van der Waals surface area contributed by atoms with Crippen LogP contribution in [0.5, 0.6) is 11.5 Å². The van der Waals surface area contributed by atoms with Crippen molar-refractivity contribution >= 4 is 105 Å². The minimum atomic E-state index is -4.93. The van der Waals surface area contributed by atoms with Gasteiger partial charge in [-0.15, -0.1) is 23.2 Å². The average molecular weight is 981 g/mol. The van der Waals surface area contributed by atoms with Gasteiger partial charge in [0, 0.05) is 103 Å². The number of imide groups is 1. The van der Waals surface area contributed by atoms with E-state index in [9.17, 15) is 38.6 Å². The first-order valence-electron chi connectivity index (χ1n) is 22.6. The second kappa shape index (κ2) is 21.5. The summed E-state index contributed by atoms with van der Waals surface area (Å²) in [4.78, 5) is 75.3. The quantitative estimate of drug-likeness (QED) is 0.0165. The highest BCUT2D eigenvalue weighted by Crippen LogP contribution is 2.49. The number of carbonyl (C=O) groups is 4. The molecule has 3 heterocycles. The molecule has 3 aliphatic rings. The van der Waals surface area contributed by atoms with Crippen LogP contribution < -0.4 is 25.0 Å². The molecule has 3 aliphatic heterocycles. The van der Waals surface area contributed by atoms with E-state index in [1.165, 1.54) is 35.3 Å².